The summed E-state index contributed by atoms with van der Waals surface area (Å²) in [6.45, 7) is 0. The van der Waals surface area contributed by atoms with Gasteiger partial charge in [-0.15, -0.1) is 0 Å². The Labute approximate surface area is 330 Å². The molecule has 3 heterocycles. The average Bonchev–Trinajstić information content (AvgIpc) is 3.92. The minimum Gasteiger partial charge on any atom is -0.313 e. The molecule has 3 aromatic heterocycles. The lowest BCUT2D eigenvalue weighted by atomic mass is 9.99. The molecule has 0 amide bonds. The summed E-state index contributed by atoms with van der Waals surface area (Å²) in [5.74, 6) is 0. The topological polar surface area (TPSA) is 14.8 Å². The largest absolute Gasteiger partial charge is 0.313 e. The molecule has 0 atom stereocenters. The Balaban J connectivity index is 0.999. The fraction of sp³-hybridized carbons (Fsp3) is 0.0370. The Morgan fingerprint density at radius 3 is 1.47 bits per heavy atom. The summed E-state index contributed by atoms with van der Waals surface area (Å²) in [6.07, 6.45) is 4.36. The fourth-order valence-electron chi connectivity index (χ4n) is 9.61. The summed E-state index contributed by atoms with van der Waals surface area (Å²) >= 11 is 0. The van der Waals surface area contributed by atoms with Gasteiger partial charge in [0.1, 0.15) is 0 Å². The molecule has 0 saturated heterocycles. The van der Waals surface area contributed by atoms with Crippen LogP contribution in [0, 0.1) is 0 Å². The summed E-state index contributed by atoms with van der Waals surface area (Å²) in [4.78, 5) is 0. The molecule has 12 rings (SSSR count). The van der Waals surface area contributed by atoms with Crippen molar-refractivity contribution < 1.29 is 0 Å². The van der Waals surface area contributed by atoms with Gasteiger partial charge in [0, 0.05) is 55.3 Å². The number of fused-ring (bicyclic) bond motifs is 9. The van der Waals surface area contributed by atoms with Crippen LogP contribution in [0.25, 0.3) is 99.9 Å². The highest BCUT2D eigenvalue weighted by Gasteiger charge is 2.24. The highest BCUT2D eigenvalue weighted by Crippen LogP contribution is 2.42. The second-order valence-electron chi connectivity index (χ2n) is 15.3. The van der Waals surface area contributed by atoms with Crippen LogP contribution in [-0.2, 0) is 6.42 Å². The summed E-state index contributed by atoms with van der Waals surface area (Å²) in [5, 5.41) is 6.39. The minimum atomic E-state index is 0.944. The van der Waals surface area contributed by atoms with Gasteiger partial charge in [-0.1, -0.05) is 127 Å². The van der Waals surface area contributed by atoms with E-state index < -0.39 is 0 Å². The van der Waals surface area contributed by atoms with Gasteiger partial charge in [-0.05, 0) is 108 Å². The quantitative estimate of drug-likeness (QED) is 0.168. The van der Waals surface area contributed by atoms with E-state index >= 15 is 0 Å². The highest BCUT2D eigenvalue weighted by molar-refractivity contribution is 6.14. The molecule has 0 radical (unpaired) electrons. The van der Waals surface area contributed by atoms with Gasteiger partial charge in [-0.3, -0.25) is 0 Å². The van der Waals surface area contributed by atoms with Gasteiger partial charge in [-0.2, -0.15) is 0 Å². The first-order valence-electron chi connectivity index (χ1n) is 19.9. The van der Waals surface area contributed by atoms with Crippen molar-refractivity contribution in [1.29, 1.82) is 0 Å². The van der Waals surface area contributed by atoms with E-state index in [1.165, 1.54) is 105 Å². The first kappa shape index (κ1) is 31.9. The van der Waals surface area contributed by atoms with E-state index in [9.17, 15) is 0 Å². The van der Waals surface area contributed by atoms with E-state index in [0.717, 1.165) is 12.8 Å². The number of aromatic nitrogens is 3. The monoisotopic (exact) mass is 727 g/mol. The van der Waals surface area contributed by atoms with Crippen LogP contribution in [0.1, 0.15) is 17.7 Å². The lowest BCUT2D eigenvalue weighted by Gasteiger charge is -2.20. The normalized spacial score (nSPS) is 12.9. The first-order chi connectivity index (χ1) is 28.3. The Hall–Kier alpha value is -7.36. The molecule has 0 saturated carbocycles. The molecule has 3 heteroatoms. The summed E-state index contributed by atoms with van der Waals surface area (Å²) in [7, 11) is 0. The molecule has 0 N–H and O–H groups in total. The van der Waals surface area contributed by atoms with Crippen molar-refractivity contribution in [1.82, 2.24) is 13.7 Å². The average molecular weight is 728 g/mol. The Kier molecular flexibility index (Phi) is 7.05. The van der Waals surface area contributed by atoms with Crippen molar-refractivity contribution in [3.8, 4) is 33.6 Å². The maximum absolute atomic E-state index is 2.52. The third-order valence-electron chi connectivity index (χ3n) is 12.1. The molecule has 0 bridgehead atoms. The van der Waals surface area contributed by atoms with Crippen LogP contribution in [0.5, 0.6) is 0 Å². The second kappa shape index (κ2) is 12.6. The summed E-state index contributed by atoms with van der Waals surface area (Å²) in [5.41, 5.74) is 17.5. The van der Waals surface area contributed by atoms with Crippen molar-refractivity contribution in [3.63, 3.8) is 0 Å². The van der Waals surface area contributed by atoms with Crippen LogP contribution in [0.2, 0.25) is 0 Å². The lowest BCUT2D eigenvalue weighted by molar-refractivity contribution is 0.873. The molecule has 3 nitrogen and oxygen atoms in total. The summed E-state index contributed by atoms with van der Waals surface area (Å²) in [6, 6.07) is 71.0. The molecule has 1 aliphatic rings. The van der Waals surface area contributed by atoms with Gasteiger partial charge in [0.25, 0.3) is 0 Å². The molecule has 0 fully saturated rings. The minimum absolute atomic E-state index is 0.944. The Morgan fingerprint density at radius 1 is 0.298 bits per heavy atom. The first-order valence-corrected chi connectivity index (χ1v) is 19.9. The number of hydrogen-bond donors (Lipinski definition) is 0. The van der Waals surface area contributed by atoms with Crippen molar-refractivity contribution in [2.75, 3.05) is 0 Å². The zero-order valence-corrected chi connectivity index (χ0v) is 31.3. The van der Waals surface area contributed by atoms with Crippen LogP contribution in [0.3, 0.4) is 0 Å². The van der Waals surface area contributed by atoms with Crippen LogP contribution >= 0.6 is 0 Å². The number of para-hydroxylation sites is 4. The Morgan fingerprint density at radius 2 is 0.789 bits per heavy atom. The number of rotatable bonds is 5. The zero-order chi connectivity index (χ0) is 37.5. The lowest BCUT2D eigenvalue weighted by Crippen LogP contribution is -2.08. The molecular formula is C54H37N3. The van der Waals surface area contributed by atoms with Crippen molar-refractivity contribution in [2.24, 2.45) is 0 Å². The molecule has 0 spiro atoms. The molecule has 8 aromatic carbocycles. The van der Waals surface area contributed by atoms with Crippen LogP contribution < -0.4 is 0 Å². The van der Waals surface area contributed by atoms with E-state index in [1.54, 1.807) is 0 Å². The number of allylic oxidation sites excluding steroid dienone is 1. The van der Waals surface area contributed by atoms with Crippen molar-refractivity contribution in [3.05, 3.63) is 205 Å². The van der Waals surface area contributed by atoms with E-state index in [4.69, 9.17) is 0 Å². The zero-order valence-electron chi connectivity index (χ0n) is 31.3. The predicted octanol–water partition coefficient (Wildman–Crippen LogP) is 14.1. The second-order valence-corrected chi connectivity index (χ2v) is 15.3. The van der Waals surface area contributed by atoms with E-state index in [-0.39, 0.29) is 0 Å². The SMILES string of the molecule is C1=C(n2c3ccccc3c3cc(-c4ccc5c(c4)c4ccccc4n5-c4ccccc4)ccc32)CCc2c1c1ccccc1n2-c1cccc(-c2ccccc2)c1. The maximum atomic E-state index is 2.52. The fourth-order valence-corrected chi connectivity index (χ4v) is 9.61. The van der Waals surface area contributed by atoms with Gasteiger partial charge in [0.15, 0.2) is 0 Å². The van der Waals surface area contributed by atoms with Gasteiger partial charge in [0.05, 0.1) is 27.6 Å². The standard InChI is InChI=1S/C54H37N3/c1-3-14-36(15-4-1)37-16-13-19-41(32-37)56-51-25-12-9-22-45(51)48-35-42(28-31-54(48)56)57-50-24-11-8-21-44(50)47-34-39(27-30-53(47)57)38-26-29-52-46(33-38)43-20-7-10-23-49(43)55(52)40-17-5-2-6-18-40/h1-27,29-30,32-35H,28,31H2. The van der Waals surface area contributed by atoms with Gasteiger partial charge in [-0.25, -0.2) is 0 Å². The van der Waals surface area contributed by atoms with Crippen LogP contribution in [-0.4, -0.2) is 13.7 Å². The molecule has 1 aliphatic carbocycles. The van der Waals surface area contributed by atoms with Crippen molar-refractivity contribution >= 4 is 66.3 Å². The maximum Gasteiger partial charge on any atom is 0.0541 e. The van der Waals surface area contributed by atoms with Gasteiger partial charge < -0.3 is 13.7 Å². The third kappa shape index (κ3) is 4.92. The molecule has 268 valence electrons. The Bertz CT molecular complexity index is 3390. The smallest absolute Gasteiger partial charge is 0.0541 e. The number of nitrogens with zero attached hydrogens (tertiary/aromatic N) is 3. The van der Waals surface area contributed by atoms with Gasteiger partial charge >= 0.3 is 0 Å². The van der Waals surface area contributed by atoms with Crippen molar-refractivity contribution in [2.45, 2.75) is 12.8 Å². The molecular weight excluding hydrogens is 691 g/mol. The number of hydrogen-bond acceptors (Lipinski definition) is 0. The van der Waals surface area contributed by atoms with E-state index in [2.05, 4.69) is 214 Å². The highest BCUT2D eigenvalue weighted by atomic mass is 15.0. The third-order valence-corrected chi connectivity index (χ3v) is 12.1. The molecule has 0 aliphatic heterocycles. The predicted molar refractivity (Wildman–Crippen MR) is 240 cm³/mol. The molecule has 0 unspecified atom stereocenters. The van der Waals surface area contributed by atoms with Crippen LogP contribution in [0.15, 0.2) is 194 Å². The molecule has 11 aromatic rings. The van der Waals surface area contributed by atoms with Crippen LogP contribution in [0.4, 0.5) is 0 Å². The van der Waals surface area contributed by atoms with E-state index in [1.807, 2.05) is 0 Å². The number of benzene rings is 8. The van der Waals surface area contributed by atoms with E-state index in [0.29, 0.717) is 0 Å². The van der Waals surface area contributed by atoms with Gasteiger partial charge in [0.2, 0.25) is 0 Å². The summed E-state index contributed by atoms with van der Waals surface area (Å²) < 4.78 is 7.40. The molecule has 57 heavy (non-hydrogen) atoms.